The van der Waals surface area contributed by atoms with Gasteiger partial charge in [0, 0.05) is 18.2 Å². The minimum atomic E-state index is 0.0717. The number of hydrogen-bond donors (Lipinski definition) is 1. The Morgan fingerprint density at radius 2 is 1.71 bits per heavy atom. The number of carbonyl (C=O) groups is 1. The molecule has 0 radical (unpaired) electrons. The molecule has 1 atom stereocenters. The fourth-order valence-corrected chi connectivity index (χ4v) is 4.00. The highest BCUT2D eigenvalue weighted by atomic mass is 16.6. The van der Waals surface area contributed by atoms with Crippen LogP contribution in [0.15, 0.2) is 48.5 Å². The molecule has 0 aromatic heterocycles. The number of ketones is 1. The second-order valence-electron chi connectivity index (χ2n) is 7.44. The van der Waals surface area contributed by atoms with Crippen molar-refractivity contribution in [2.24, 2.45) is 0 Å². The van der Waals surface area contributed by atoms with Crippen LogP contribution in [-0.4, -0.2) is 50.1 Å². The molecule has 2 aromatic carbocycles. The normalized spacial score (nSPS) is 17.9. The molecule has 1 unspecified atom stereocenters. The Morgan fingerprint density at radius 3 is 2.50 bits per heavy atom. The van der Waals surface area contributed by atoms with Gasteiger partial charge < -0.3 is 14.8 Å². The monoisotopic (exact) mass is 380 g/mol. The Labute approximate surface area is 166 Å². The quantitative estimate of drug-likeness (QED) is 0.746. The highest BCUT2D eigenvalue weighted by Gasteiger charge is 2.22. The zero-order chi connectivity index (χ0) is 19.2. The predicted octanol–water partition coefficient (Wildman–Crippen LogP) is 3.46. The average Bonchev–Trinajstić information content (AvgIpc) is 2.77. The number of ether oxygens (including phenoxy) is 2. The Hall–Kier alpha value is -2.37. The van der Waals surface area contributed by atoms with Gasteiger partial charge in [0.25, 0.3) is 0 Å². The molecule has 1 N–H and O–H groups in total. The first-order valence-corrected chi connectivity index (χ1v) is 10.2. The molecule has 28 heavy (non-hydrogen) atoms. The van der Waals surface area contributed by atoms with Crippen LogP contribution >= 0.6 is 0 Å². The number of Topliss-reactive ketones (excluding diaryl/α,β-unsaturated/α-hetero) is 1. The number of piperidine rings is 1. The van der Waals surface area contributed by atoms with E-state index in [0.29, 0.717) is 42.9 Å². The van der Waals surface area contributed by atoms with Crippen LogP contribution in [0.4, 0.5) is 0 Å². The van der Waals surface area contributed by atoms with E-state index in [9.17, 15) is 4.79 Å². The molecule has 1 fully saturated rings. The molecule has 0 spiro atoms. The number of benzene rings is 2. The van der Waals surface area contributed by atoms with E-state index in [2.05, 4.69) is 40.5 Å². The molecule has 2 aliphatic rings. The highest BCUT2D eigenvalue weighted by Crippen LogP contribution is 2.31. The summed E-state index contributed by atoms with van der Waals surface area (Å²) in [5.41, 5.74) is 1.97. The Morgan fingerprint density at radius 1 is 0.964 bits per heavy atom. The molecule has 2 aromatic rings. The molecule has 2 heterocycles. The van der Waals surface area contributed by atoms with E-state index in [4.69, 9.17) is 9.47 Å². The van der Waals surface area contributed by atoms with Crippen LogP contribution in [0, 0.1) is 0 Å². The van der Waals surface area contributed by atoms with Gasteiger partial charge in [0.05, 0.1) is 6.54 Å². The summed E-state index contributed by atoms with van der Waals surface area (Å²) in [4.78, 5) is 15.2. The van der Waals surface area contributed by atoms with Crippen LogP contribution in [0.1, 0.15) is 41.2 Å². The zero-order valence-electron chi connectivity index (χ0n) is 16.2. The fraction of sp³-hybridized carbons (Fsp3) is 0.435. The van der Waals surface area contributed by atoms with Gasteiger partial charge in [-0.1, -0.05) is 36.8 Å². The summed E-state index contributed by atoms with van der Waals surface area (Å²) in [5.74, 6) is 1.44. The van der Waals surface area contributed by atoms with E-state index >= 15 is 0 Å². The maximum atomic E-state index is 12.7. The number of hydrogen-bond acceptors (Lipinski definition) is 5. The van der Waals surface area contributed by atoms with E-state index in [1.165, 1.54) is 24.8 Å². The molecule has 5 heteroatoms. The minimum Gasteiger partial charge on any atom is -0.486 e. The van der Waals surface area contributed by atoms with Crippen LogP contribution in [0.5, 0.6) is 11.5 Å². The third-order valence-corrected chi connectivity index (χ3v) is 5.50. The van der Waals surface area contributed by atoms with Crippen LogP contribution in [0.2, 0.25) is 0 Å². The van der Waals surface area contributed by atoms with E-state index in [0.717, 1.165) is 19.6 Å². The molecule has 1 saturated heterocycles. The summed E-state index contributed by atoms with van der Waals surface area (Å²) in [6, 6.07) is 16.3. The summed E-state index contributed by atoms with van der Waals surface area (Å²) in [6.45, 7) is 4.41. The lowest BCUT2D eigenvalue weighted by Gasteiger charge is -2.35. The summed E-state index contributed by atoms with van der Waals surface area (Å²) in [6.07, 6.45) is 3.81. The first-order chi connectivity index (χ1) is 13.8. The molecular weight excluding hydrogens is 352 g/mol. The van der Waals surface area contributed by atoms with Gasteiger partial charge >= 0.3 is 0 Å². The predicted molar refractivity (Wildman–Crippen MR) is 109 cm³/mol. The molecule has 5 nitrogen and oxygen atoms in total. The van der Waals surface area contributed by atoms with Crippen LogP contribution in [0.25, 0.3) is 0 Å². The third kappa shape index (κ3) is 4.54. The lowest BCUT2D eigenvalue weighted by Crippen LogP contribution is -2.40. The molecule has 148 valence electrons. The maximum Gasteiger partial charge on any atom is 0.176 e. The number of nitrogens with zero attached hydrogens (tertiary/aromatic N) is 1. The van der Waals surface area contributed by atoms with Crippen molar-refractivity contribution in [2.45, 2.75) is 25.3 Å². The van der Waals surface area contributed by atoms with Gasteiger partial charge in [0.1, 0.15) is 13.2 Å². The van der Waals surface area contributed by atoms with Gasteiger partial charge in [-0.15, -0.1) is 0 Å². The lowest BCUT2D eigenvalue weighted by atomic mass is 10.0. The molecule has 0 saturated carbocycles. The van der Waals surface area contributed by atoms with E-state index < -0.39 is 0 Å². The lowest BCUT2D eigenvalue weighted by molar-refractivity contribution is 0.0982. The topological polar surface area (TPSA) is 50.8 Å². The standard InChI is InChI=1S/C23H28N2O3/c26-21(19-9-10-22-23(15-19)28-14-13-27-22)17-24-16-20(18-7-3-1-4-8-18)25-11-5-2-6-12-25/h1,3-4,7-10,15,20,24H,2,5-6,11-14,16-17H2. The van der Waals surface area contributed by atoms with E-state index in [1.54, 1.807) is 6.07 Å². The summed E-state index contributed by atoms with van der Waals surface area (Å²) in [7, 11) is 0. The van der Waals surface area contributed by atoms with E-state index in [-0.39, 0.29) is 5.78 Å². The molecule has 0 aliphatic carbocycles. The minimum absolute atomic E-state index is 0.0717. The van der Waals surface area contributed by atoms with Crippen molar-refractivity contribution in [1.82, 2.24) is 10.2 Å². The number of carbonyl (C=O) groups excluding carboxylic acids is 1. The smallest absolute Gasteiger partial charge is 0.176 e. The van der Waals surface area contributed by atoms with Gasteiger partial charge in [-0.3, -0.25) is 9.69 Å². The van der Waals surface area contributed by atoms with Gasteiger partial charge in [0.15, 0.2) is 17.3 Å². The number of nitrogens with one attached hydrogen (secondary N) is 1. The summed E-state index contributed by atoms with van der Waals surface area (Å²) < 4.78 is 11.1. The van der Waals surface area contributed by atoms with Crippen LogP contribution < -0.4 is 14.8 Å². The SMILES string of the molecule is O=C(CNCC(c1ccccc1)N1CCCCC1)c1ccc2c(c1)OCCO2. The number of likely N-dealkylation sites (tertiary alicyclic amines) is 1. The van der Waals surface area contributed by atoms with Crippen molar-refractivity contribution < 1.29 is 14.3 Å². The zero-order valence-corrected chi connectivity index (χ0v) is 16.2. The largest absolute Gasteiger partial charge is 0.486 e. The average molecular weight is 380 g/mol. The Balaban J connectivity index is 1.38. The first kappa shape index (κ1) is 19.0. The van der Waals surface area contributed by atoms with E-state index in [1.807, 2.05) is 12.1 Å². The number of fused-ring (bicyclic) bond motifs is 1. The van der Waals surface area contributed by atoms with Crippen LogP contribution in [-0.2, 0) is 0 Å². The molecular formula is C23H28N2O3. The van der Waals surface area contributed by atoms with Gasteiger partial charge in [0.2, 0.25) is 0 Å². The fourth-order valence-electron chi connectivity index (χ4n) is 4.00. The molecule has 0 bridgehead atoms. The molecule has 4 rings (SSSR count). The second-order valence-corrected chi connectivity index (χ2v) is 7.44. The third-order valence-electron chi connectivity index (χ3n) is 5.50. The van der Waals surface area contributed by atoms with Gasteiger partial charge in [-0.25, -0.2) is 0 Å². The summed E-state index contributed by atoms with van der Waals surface area (Å²) >= 11 is 0. The Bertz CT molecular complexity index is 788. The molecule has 0 amide bonds. The van der Waals surface area contributed by atoms with Crippen molar-refractivity contribution in [3.8, 4) is 11.5 Å². The van der Waals surface area contributed by atoms with Crippen molar-refractivity contribution in [3.63, 3.8) is 0 Å². The maximum absolute atomic E-state index is 12.7. The van der Waals surface area contributed by atoms with Crippen molar-refractivity contribution in [2.75, 3.05) is 39.4 Å². The van der Waals surface area contributed by atoms with Crippen LogP contribution in [0.3, 0.4) is 0 Å². The highest BCUT2D eigenvalue weighted by molar-refractivity contribution is 5.98. The van der Waals surface area contributed by atoms with Crippen molar-refractivity contribution in [3.05, 3.63) is 59.7 Å². The Kier molecular flexibility index (Phi) is 6.24. The first-order valence-electron chi connectivity index (χ1n) is 10.2. The molecule has 2 aliphatic heterocycles. The second kappa shape index (κ2) is 9.22. The number of rotatable bonds is 7. The van der Waals surface area contributed by atoms with Crippen molar-refractivity contribution >= 4 is 5.78 Å². The van der Waals surface area contributed by atoms with Crippen molar-refractivity contribution in [1.29, 1.82) is 0 Å². The summed E-state index contributed by atoms with van der Waals surface area (Å²) in [5, 5.41) is 3.40. The van der Waals surface area contributed by atoms with Gasteiger partial charge in [-0.2, -0.15) is 0 Å². The van der Waals surface area contributed by atoms with Gasteiger partial charge in [-0.05, 0) is 49.7 Å².